The van der Waals surface area contributed by atoms with Crippen molar-refractivity contribution in [2.24, 2.45) is 4.99 Å². The fourth-order valence-corrected chi connectivity index (χ4v) is 1.32. The van der Waals surface area contributed by atoms with Crippen molar-refractivity contribution in [3.8, 4) is 25.2 Å². The van der Waals surface area contributed by atoms with Crippen LogP contribution >= 0.6 is 0 Å². The molecule has 17 heavy (non-hydrogen) atoms. The van der Waals surface area contributed by atoms with Crippen molar-refractivity contribution >= 4 is 5.71 Å². The molecule has 0 saturated carbocycles. The summed E-state index contributed by atoms with van der Waals surface area (Å²) in [5.41, 5.74) is 1.42. The molecule has 0 saturated heterocycles. The van der Waals surface area contributed by atoms with E-state index in [-0.39, 0.29) is 0 Å². The number of rotatable bonds is 4. The molecule has 0 aromatic heterocycles. The van der Waals surface area contributed by atoms with E-state index in [0.29, 0.717) is 5.71 Å². The molecule has 3 heteroatoms. The molecule has 1 rings (SSSR count). The van der Waals surface area contributed by atoms with Crippen LogP contribution in [-0.2, 0) is 4.74 Å². The van der Waals surface area contributed by atoms with Gasteiger partial charge in [0, 0.05) is 25.4 Å². The minimum atomic E-state index is 0.616. The summed E-state index contributed by atoms with van der Waals surface area (Å²) in [6.45, 7) is 6.07. The molecule has 1 heterocycles. The number of hydrogen-bond donors (Lipinski definition) is 0. The Balaban J connectivity index is 0.00000121. The first-order valence-corrected chi connectivity index (χ1v) is 5.35. The largest absolute Gasteiger partial charge is 0.494 e. The van der Waals surface area contributed by atoms with Gasteiger partial charge in [-0.15, -0.1) is 19.3 Å². The minimum Gasteiger partial charge on any atom is -0.494 e. The molecule has 0 amide bonds. The van der Waals surface area contributed by atoms with Gasteiger partial charge in [-0.3, -0.25) is 0 Å². The molecule has 0 N–H and O–H groups in total. The van der Waals surface area contributed by atoms with Crippen LogP contribution < -0.4 is 0 Å². The molecule has 1 aliphatic rings. The lowest BCUT2D eigenvalue weighted by molar-refractivity contribution is 0.299. The topological polar surface area (TPSA) is 24.8 Å². The van der Waals surface area contributed by atoms with Gasteiger partial charge in [0.05, 0.1) is 7.11 Å². The predicted octanol–water partition coefficient (Wildman–Crippen LogP) is 2.04. The Morgan fingerprint density at radius 1 is 1.41 bits per heavy atom. The van der Waals surface area contributed by atoms with Gasteiger partial charge in [-0.1, -0.05) is 5.92 Å². The van der Waals surface area contributed by atoms with Gasteiger partial charge in [0.15, 0.2) is 0 Å². The Hall–Kier alpha value is -2.13. The molecule has 0 spiro atoms. The van der Waals surface area contributed by atoms with Gasteiger partial charge in [0.2, 0.25) is 0 Å². The van der Waals surface area contributed by atoms with Crippen LogP contribution in [0.5, 0.6) is 0 Å². The standard InChI is InChI=1S/C12H16N2O.C2H2/c1-5-10-8-12(15-4)11(13-10)9-14(6-2)7-3;1-2/h1,8-9H,6-7H2,2-4H3;1-2H/b11-9+;. The summed E-state index contributed by atoms with van der Waals surface area (Å²) in [6, 6.07) is 0. The molecule has 0 aromatic rings. The summed E-state index contributed by atoms with van der Waals surface area (Å²) >= 11 is 0. The first-order valence-electron chi connectivity index (χ1n) is 5.35. The first kappa shape index (κ1) is 14.9. The summed E-state index contributed by atoms with van der Waals surface area (Å²) in [7, 11) is 1.62. The van der Waals surface area contributed by atoms with E-state index in [1.54, 1.807) is 13.2 Å². The SMILES string of the molecule is C#C.C#CC1=N/C(=C/N(CC)CC)C(OC)=C1. The summed E-state index contributed by atoms with van der Waals surface area (Å²) in [6.07, 6.45) is 17.0. The molecule has 3 nitrogen and oxygen atoms in total. The van der Waals surface area contributed by atoms with Gasteiger partial charge in [0.25, 0.3) is 0 Å². The van der Waals surface area contributed by atoms with Crippen LogP contribution in [-0.4, -0.2) is 30.8 Å². The van der Waals surface area contributed by atoms with E-state index in [4.69, 9.17) is 11.2 Å². The van der Waals surface area contributed by atoms with Gasteiger partial charge in [-0.05, 0) is 13.8 Å². The van der Waals surface area contributed by atoms with Crippen LogP contribution in [0.1, 0.15) is 13.8 Å². The summed E-state index contributed by atoms with van der Waals surface area (Å²) in [5, 5.41) is 0. The summed E-state index contributed by atoms with van der Waals surface area (Å²) in [5.74, 6) is 3.23. The third kappa shape index (κ3) is 4.09. The van der Waals surface area contributed by atoms with E-state index in [1.807, 2.05) is 6.20 Å². The fraction of sp³-hybridized carbons (Fsp3) is 0.357. The zero-order valence-electron chi connectivity index (χ0n) is 10.6. The number of methoxy groups -OCH3 is 1. The normalized spacial score (nSPS) is 15.2. The van der Waals surface area contributed by atoms with Crippen molar-refractivity contribution in [2.75, 3.05) is 20.2 Å². The molecule has 0 aliphatic carbocycles. The second kappa shape index (κ2) is 8.07. The molecule has 0 radical (unpaired) electrons. The third-order valence-electron chi connectivity index (χ3n) is 2.25. The highest BCUT2D eigenvalue weighted by molar-refractivity contribution is 6.11. The maximum atomic E-state index is 5.29. The molecule has 0 unspecified atom stereocenters. The van der Waals surface area contributed by atoms with Crippen molar-refractivity contribution in [3.05, 3.63) is 23.7 Å². The number of nitrogens with zero attached hydrogens (tertiary/aromatic N) is 2. The highest BCUT2D eigenvalue weighted by Gasteiger charge is 2.14. The second-order valence-corrected chi connectivity index (χ2v) is 3.09. The average Bonchev–Trinajstić information content (AvgIpc) is 2.80. The molecular formula is C14H18N2O. The maximum Gasteiger partial charge on any atom is 0.148 e. The molecular weight excluding hydrogens is 212 g/mol. The van der Waals surface area contributed by atoms with Crippen LogP contribution in [0.3, 0.4) is 0 Å². The van der Waals surface area contributed by atoms with Crippen molar-refractivity contribution in [2.45, 2.75) is 13.8 Å². The number of terminal acetylenes is 2. The molecule has 1 aliphatic heterocycles. The van der Waals surface area contributed by atoms with Gasteiger partial charge in [-0.25, -0.2) is 4.99 Å². The molecule has 0 fully saturated rings. The highest BCUT2D eigenvalue weighted by atomic mass is 16.5. The lowest BCUT2D eigenvalue weighted by Gasteiger charge is -2.16. The lowest BCUT2D eigenvalue weighted by Crippen LogP contribution is -2.16. The minimum absolute atomic E-state index is 0.616. The quantitative estimate of drug-likeness (QED) is 0.690. The van der Waals surface area contributed by atoms with E-state index in [1.165, 1.54) is 0 Å². The van der Waals surface area contributed by atoms with E-state index in [0.717, 1.165) is 24.5 Å². The zero-order chi connectivity index (χ0) is 13.3. The first-order chi connectivity index (χ1) is 8.24. The van der Waals surface area contributed by atoms with Gasteiger partial charge in [0.1, 0.15) is 17.2 Å². The average molecular weight is 230 g/mol. The fourth-order valence-electron chi connectivity index (χ4n) is 1.32. The van der Waals surface area contributed by atoms with Crippen LogP contribution in [0, 0.1) is 25.2 Å². The van der Waals surface area contributed by atoms with Gasteiger partial charge in [-0.2, -0.15) is 0 Å². The monoisotopic (exact) mass is 230 g/mol. The summed E-state index contributed by atoms with van der Waals surface area (Å²) < 4.78 is 5.20. The Morgan fingerprint density at radius 3 is 2.41 bits per heavy atom. The number of hydrogen-bond acceptors (Lipinski definition) is 3. The predicted molar refractivity (Wildman–Crippen MR) is 72.3 cm³/mol. The zero-order valence-corrected chi connectivity index (χ0v) is 10.6. The van der Waals surface area contributed by atoms with Gasteiger partial charge >= 0.3 is 0 Å². The van der Waals surface area contributed by atoms with Crippen LogP contribution in [0.25, 0.3) is 0 Å². The third-order valence-corrected chi connectivity index (χ3v) is 2.25. The Kier molecular flexibility index (Phi) is 7.06. The van der Waals surface area contributed by atoms with Crippen molar-refractivity contribution < 1.29 is 4.74 Å². The van der Waals surface area contributed by atoms with Crippen LogP contribution in [0.2, 0.25) is 0 Å². The Labute approximate surface area is 104 Å². The van der Waals surface area contributed by atoms with E-state index >= 15 is 0 Å². The lowest BCUT2D eigenvalue weighted by atomic mass is 10.3. The maximum absolute atomic E-state index is 5.29. The van der Waals surface area contributed by atoms with Crippen molar-refractivity contribution in [1.29, 1.82) is 0 Å². The molecule has 90 valence electrons. The number of ether oxygens (including phenoxy) is 1. The Bertz CT molecular complexity index is 390. The highest BCUT2D eigenvalue weighted by Crippen LogP contribution is 2.19. The van der Waals surface area contributed by atoms with E-state index in [2.05, 4.69) is 42.5 Å². The van der Waals surface area contributed by atoms with Crippen LogP contribution in [0.15, 0.2) is 28.7 Å². The number of allylic oxidation sites excluding steroid dienone is 1. The van der Waals surface area contributed by atoms with E-state index in [9.17, 15) is 0 Å². The second-order valence-electron chi connectivity index (χ2n) is 3.09. The molecule has 0 bridgehead atoms. The summed E-state index contributed by atoms with van der Waals surface area (Å²) in [4.78, 5) is 6.42. The van der Waals surface area contributed by atoms with Crippen molar-refractivity contribution in [1.82, 2.24) is 4.90 Å². The van der Waals surface area contributed by atoms with Crippen molar-refractivity contribution in [3.63, 3.8) is 0 Å². The molecule has 0 atom stereocenters. The van der Waals surface area contributed by atoms with Crippen LogP contribution in [0.4, 0.5) is 0 Å². The number of aliphatic imine (C=N–C) groups is 1. The Morgan fingerprint density at radius 2 is 2.00 bits per heavy atom. The van der Waals surface area contributed by atoms with E-state index < -0.39 is 0 Å². The van der Waals surface area contributed by atoms with Gasteiger partial charge < -0.3 is 9.64 Å². The molecule has 0 aromatic carbocycles. The smallest absolute Gasteiger partial charge is 0.148 e.